The van der Waals surface area contributed by atoms with E-state index < -0.39 is 53.2 Å². The first-order valence-corrected chi connectivity index (χ1v) is 14.7. The first-order valence-electron chi connectivity index (χ1n) is 14.7. The molecule has 1 saturated heterocycles. The minimum Gasteiger partial charge on any atom is -0.458 e. The molecule has 39 heavy (non-hydrogen) atoms. The average Bonchev–Trinajstić information content (AvgIpc) is 3.45. The summed E-state index contributed by atoms with van der Waals surface area (Å²) in [5.41, 5.74) is -1.25. The molecule has 0 amide bonds. The normalized spacial score (nSPS) is 55.3. The molecule has 2 heterocycles. The van der Waals surface area contributed by atoms with E-state index in [1.54, 1.807) is 13.0 Å². The van der Waals surface area contributed by atoms with E-state index in [4.69, 9.17) is 14.2 Å². The van der Waals surface area contributed by atoms with Crippen molar-refractivity contribution in [1.82, 2.24) is 0 Å². The summed E-state index contributed by atoms with van der Waals surface area (Å²) in [5.74, 6) is -0.753. The van der Waals surface area contributed by atoms with Crippen LogP contribution in [0, 0.1) is 34.5 Å². The van der Waals surface area contributed by atoms with Gasteiger partial charge in [-0.2, -0.15) is 0 Å². The van der Waals surface area contributed by atoms with Crippen LogP contribution in [0.4, 0.5) is 0 Å². The van der Waals surface area contributed by atoms with Crippen molar-refractivity contribution in [3.63, 3.8) is 0 Å². The Morgan fingerprint density at radius 2 is 1.82 bits per heavy atom. The van der Waals surface area contributed by atoms with Crippen LogP contribution in [-0.4, -0.2) is 98.3 Å². The second-order valence-electron chi connectivity index (χ2n) is 13.5. The van der Waals surface area contributed by atoms with Crippen LogP contribution >= 0.6 is 0 Å². The molecule has 14 atom stereocenters. The number of aliphatic hydroxyl groups excluding tert-OH is 5. The SMILES string of the molecule is C[C@H]1O[C@@H](O[C@H]2CC[C@@]3(CO)[C@H](CC[C@@H]4[C@@H]3[C@H](O)C[C@]3(C)[C@@H](C5=CC(=O)OC5)CC[C@]43O)C2)[C@H](O)[C@H](O)[C@H]1O. The van der Waals surface area contributed by atoms with Gasteiger partial charge in [0.1, 0.15) is 24.9 Å². The highest BCUT2D eigenvalue weighted by molar-refractivity contribution is 5.85. The minimum atomic E-state index is -1.37. The molecule has 0 aromatic rings. The summed E-state index contributed by atoms with van der Waals surface area (Å²) in [5, 5.41) is 65.7. The number of fused-ring (bicyclic) bond motifs is 5. The van der Waals surface area contributed by atoms with E-state index in [9.17, 15) is 35.4 Å². The number of hydrogen-bond donors (Lipinski definition) is 6. The maximum atomic E-state index is 12.4. The Balaban J connectivity index is 1.22. The maximum absolute atomic E-state index is 12.4. The summed E-state index contributed by atoms with van der Waals surface area (Å²) < 4.78 is 17.0. The molecule has 0 radical (unpaired) electrons. The predicted octanol–water partition coefficient (Wildman–Crippen LogP) is 0.399. The topological polar surface area (TPSA) is 166 Å². The molecule has 5 fully saturated rings. The number of hydrogen-bond acceptors (Lipinski definition) is 10. The molecular weight excluding hydrogens is 508 g/mol. The van der Waals surface area contributed by atoms with Crippen LogP contribution in [0.1, 0.15) is 65.2 Å². The summed E-state index contributed by atoms with van der Waals surface area (Å²) >= 11 is 0. The molecule has 10 nitrogen and oxygen atoms in total. The third-order valence-corrected chi connectivity index (χ3v) is 12.0. The monoisotopic (exact) mass is 552 g/mol. The van der Waals surface area contributed by atoms with Gasteiger partial charge in [0.2, 0.25) is 0 Å². The molecule has 10 heteroatoms. The lowest BCUT2D eigenvalue weighted by Gasteiger charge is -2.65. The zero-order chi connectivity index (χ0) is 27.9. The van der Waals surface area contributed by atoms with Gasteiger partial charge in [0.25, 0.3) is 0 Å². The Bertz CT molecular complexity index is 1000. The molecule has 6 N–H and O–H groups in total. The van der Waals surface area contributed by atoms with Crippen molar-refractivity contribution in [3.8, 4) is 0 Å². The van der Waals surface area contributed by atoms with Gasteiger partial charge >= 0.3 is 5.97 Å². The molecule has 6 rings (SSSR count). The summed E-state index contributed by atoms with van der Waals surface area (Å²) in [6.45, 7) is 3.84. The van der Waals surface area contributed by atoms with Gasteiger partial charge in [0, 0.05) is 23.5 Å². The highest BCUT2D eigenvalue weighted by Gasteiger charge is 2.70. The zero-order valence-electron chi connectivity index (χ0n) is 22.8. The Morgan fingerprint density at radius 1 is 1.05 bits per heavy atom. The van der Waals surface area contributed by atoms with Crippen molar-refractivity contribution in [2.45, 2.75) is 114 Å². The number of aliphatic hydroxyl groups is 6. The van der Waals surface area contributed by atoms with Crippen LogP contribution in [0.5, 0.6) is 0 Å². The zero-order valence-corrected chi connectivity index (χ0v) is 22.8. The van der Waals surface area contributed by atoms with Crippen LogP contribution in [0.15, 0.2) is 11.6 Å². The molecule has 0 spiro atoms. The van der Waals surface area contributed by atoms with Gasteiger partial charge in [0.05, 0.1) is 23.9 Å². The van der Waals surface area contributed by atoms with Crippen molar-refractivity contribution in [3.05, 3.63) is 11.6 Å². The lowest BCUT2D eigenvalue weighted by Crippen LogP contribution is -2.68. The second-order valence-corrected chi connectivity index (χ2v) is 13.5. The summed E-state index contributed by atoms with van der Waals surface area (Å²) in [7, 11) is 0. The maximum Gasteiger partial charge on any atom is 0.331 e. The van der Waals surface area contributed by atoms with E-state index in [-0.39, 0.29) is 49.0 Å². The van der Waals surface area contributed by atoms with E-state index in [2.05, 4.69) is 6.92 Å². The summed E-state index contributed by atoms with van der Waals surface area (Å²) in [6.07, 6.45) is -0.0583. The molecule has 0 bridgehead atoms. The highest BCUT2D eigenvalue weighted by Crippen LogP contribution is 2.70. The lowest BCUT2D eigenvalue weighted by molar-refractivity contribution is -0.313. The fourth-order valence-corrected chi connectivity index (χ4v) is 9.99. The van der Waals surface area contributed by atoms with Gasteiger partial charge in [0.15, 0.2) is 6.29 Å². The number of ether oxygens (including phenoxy) is 3. The quantitative estimate of drug-likeness (QED) is 0.212. The molecule has 4 saturated carbocycles. The van der Waals surface area contributed by atoms with Gasteiger partial charge in [-0.15, -0.1) is 0 Å². The Labute approximate surface area is 229 Å². The summed E-state index contributed by atoms with van der Waals surface area (Å²) in [6, 6.07) is 0. The van der Waals surface area contributed by atoms with Gasteiger partial charge in [-0.1, -0.05) is 6.92 Å². The summed E-state index contributed by atoms with van der Waals surface area (Å²) in [4.78, 5) is 11.8. The third kappa shape index (κ3) is 4.00. The van der Waals surface area contributed by atoms with Crippen LogP contribution in [0.3, 0.4) is 0 Å². The second kappa shape index (κ2) is 9.73. The van der Waals surface area contributed by atoms with E-state index in [1.807, 2.05) is 0 Å². The molecule has 0 aromatic carbocycles. The Hall–Kier alpha value is -1.11. The Kier molecular flexibility index (Phi) is 6.99. The van der Waals surface area contributed by atoms with Crippen molar-refractivity contribution >= 4 is 5.97 Å². The predicted molar refractivity (Wildman–Crippen MR) is 136 cm³/mol. The van der Waals surface area contributed by atoms with Crippen LogP contribution < -0.4 is 0 Å². The van der Waals surface area contributed by atoms with E-state index >= 15 is 0 Å². The largest absolute Gasteiger partial charge is 0.458 e. The fraction of sp³-hybridized carbons (Fsp3) is 0.897. The van der Waals surface area contributed by atoms with Crippen LogP contribution in [0.25, 0.3) is 0 Å². The van der Waals surface area contributed by atoms with Crippen LogP contribution in [-0.2, 0) is 19.0 Å². The smallest absolute Gasteiger partial charge is 0.331 e. The van der Waals surface area contributed by atoms with Gasteiger partial charge in [-0.05, 0) is 87.5 Å². The molecular formula is C29H44O10. The van der Waals surface area contributed by atoms with Crippen molar-refractivity contribution in [2.75, 3.05) is 13.2 Å². The Morgan fingerprint density at radius 3 is 2.51 bits per heavy atom. The number of cyclic esters (lactones) is 1. The third-order valence-electron chi connectivity index (χ3n) is 12.0. The van der Waals surface area contributed by atoms with Gasteiger partial charge < -0.3 is 44.8 Å². The van der Waals surface area contributed by atoms with Crippen molar-refractivity contribution in [1.29, 1.82) is 0 Å². The number of carbonyl (C=O) groups excluding carboxylic acids is 1. The van der Waals surface area contributed by atoms with Crippen molar-refractivity contribution in [2.24, 2.45) is 34.5 Å². The average molecular weight is 553 g/mol. The standard InChI is InChI=1S/C29H44O10/c1-14-23(33)24(34)25(35)26(38-14)39-17-5-7-28(13-30)16(10-17)3-4-19-22(28)20(31)11-27(2)18(6-8-29(19,27)36)15-9-21(32)37-12-15/h9,14,16-20,22-26,30-31,33-36H,3-8,10-13H2,1-2H3/t14-,16-,17+,18-,19-,20-,22-,23+,24-,25-,26+,27-,28-,29+/m1/s1. The molecule has 2 aliphatic heterocycles. The van der Waals surface area contributed by atoms with Crippen LogP contribution in [0.2, 0.25) is 0 Å². The van der Waals surface area contributed by atoms with Gasteiger partial charge in [-0.3, -0.25) is 0 Å². The molecule has 0 aromatic heterocycles. The van der Waals surface area contributed by atoms with E-state index in [0.29, 0.717) is 32.1 Å². The fourth-order valence-electron chi connectivity index (χ4n) is 9.99. The lowest BCUT2D eigenvalue weighted by atomic mass is 9.42. The molecule has 0 unspecified atom stereocenters. The van der Waals surface area contributed by atoms with Gasteiger partial charge in [-0.25, -0.2) is 4.79 Å². The highest BCUT2D eigenvalue weighted by atomic mass is 16.7. The first kappa shape index (κ1) is 28.0. The molecule has 4 aliphatic carbocycles. The molecule has 220 valence electrons. The number of carbonyl (C=O) groups is 1. The first-order chi connectivity index (χ1) is 18.4. The molecule has 6 aliphatic rings. The van der Waals surface area contributed by atoms with E-state index in [0.717, 1.165) is 24.8 Å². The van der Waals surface area contributed by atoms with E-state index in [1.165, 1.54) is 0 Å². The number of esters is 1. The minimum absolute atomic E-state index is 0.0327. The number of rotatable bonds is 4. The van der Waals surface area contributed by atoms with Crippen molar-refractivity contribution < 1.29 is 49.6 Å².